The molecule has 0 amide bonds. The van der Waals surface area contributed by atoms with Crippen LogP contribution in [0.25, 0.3) is 0 Å². The number of ether oxygens (including phenoxy) is 1. The van der Waals surface area contributed by atoms with E-state index >= 15 is 0 Å². The topological polar surface area (TPSA) is 26.3 Å². The molecular formula is C7Cl13O2. The fourth-order valence-electron chi connectivity index (χ4n) is 0.872. The highest BCUT2D eigenvalue weighted by atomic mass is 35.6. The maximum atomic E-state index is 10.3. The van der Waals surface area contributed by atoms with Gasteiger partial charge in [-0.1, -0.05) is 151 Å². The van der Waals surface area contributed by atoms with Gasteiger partial charge >= 0.3 is 6.47 Å². The van der Waals surface area contributed by atoms with Gasteiger partial charge in [0, 0.05) is 0 Å². The van der Waals surface area contributed by atoms with E-state index in [0.29, 0.717) is 0 Å². The molecule has 0 N–H and O–H groups in total. The van der Waals surface area contributed by atoms with Crippen LogP contribution in [0.5, 0.6) is 0 Å². The average Bonchev–Trinajstić information content (AvgIpc) is 2.26. The Bertz CT molecular complexity index is 423. The molecule has 0 saturated heterocycles. The second-order valence-corrected chi connectivity index (χ2v) is 12.3. The molecule has 0 aliphatic heterocycles. The lowest BCUT2D eigenvalue weighted by Crippen LogP contribution is -2.66. The van der Waals surface area contributed by atoms with E-state index in [4.69, 9.17) is 151 Å². The third kappa shape index (κ3) is 4.21. The molecule has 0 aliphatic rings. The number of hydrogen-bond acceptors (Lipinski definition) is 2. The highest BCUT2D eigenvalue weighted by Crippen LogP contribution is 2.68. The maximum absolute atomic E-state index is 10.3. The predicted molar refractivity (Wildman–Crippen MR) is 99.3 cm³/mol. The van der Waals surface area contributed by atoms with Crippen LogP contribution in [0.2, 0.25) is 0 Å². The Kier molecular flexibility index (Phi) is 8.83. The molecule has 0 aromatic heterocycles. The van der Waals surface area contributed by atoms with Crippen LogP contribution < -0.4 is 0 Å². The molecule has 0 rings (SSSR count). The van der Waals surface area contributed by atoms with Crippen LogP contribution in [-0.2, 0) is 9.53 Å². The minimum atomic E-state index is -2.86. The number of alkyl halides is 13. The van der Waals surface area contributed by atoms with Crippen LogP contribution in [-0.4, -0.2) is 32.1 Å². The van der Waals surface area contributed by atoms with E-state index in [2.05, 4.69) is 4.74 Å². The van der Waals surface area contributed by atoms with Crippen molar-refractivity contribution in [3.63, 3.8) is 0 Å². The molecule has 0 bridgehead atoms. The lowest BCUT2D eigenvalue weighted by Gasteiger charge is -2.49. The molecule has 0 aliphatic carbocycles. The molecule has 2 nitrogen and oxygen atoms in total. The minimum absolute atomic E-state index is 0.876. The Morgan fingerprint density at radius 3 is 1.14 bits per heavy atom. The molecular weight excluding hydrogens is 577 g/mol. The van der Waals surface area contributed by atoms with Gasteiger partial charge in [-0.05, 0) is 0 Å². The number of carbonyl (C=O) groups excluding carboxylic acids is 1. The van der Waals surface area contributed by atoms with Gasteiger partial charge in [0.15, 0.2) is 8.67 Å². The Morgan fingerprint density at radius 2 is 0.864 bits per heavy atom. The largest absolute Gasteiger partial charge is 0.420 e. The predicted octanol–water partition coefficient (Wildman–Crippen LogP) is 7.27. The molecule has 0 unspecified atom stereocenters. The Morgan fingerprint density at radius 1 is 0.545 bits per heavy atom. The third-order valence-corrected chi connectivity index (χ3v) is 10.3. The van der Waals surface area contributed by atoms with Gasteiger partial charge in [-0.2, -0.15) is 0 Å². The van der Waals surface area contributed by atoms with Crippen molar-refractivity contribution in [1.29, 1.82) is 0 Å². The first kappa shape index (κ1) is 25.2. The zero-order chi connectivity index (χ0) is 18.4. The summed E-state index contributed by atoms with van der Waals surface area (Å²) in [6.45, 7) is 0.876. The van der Waals surface area contributed by atoms with E-state index in [0.717, 1.165) is 6.47 Å². The molecule has 0 fully saturated rings. The molecule has 22 heavy (non-hydrogen) atoms. The molecule has 0 saturated carbocycles. The van der Waals surface area contributed by atoms with Crippen molar-refractivity contribution in [3.05, 3.63) is 0 Å². The molecule has 15 heteroatoms. The number of halogens is 13. The first-order valence-corrected chi connectivity index (χ1v) is 9.23. The number of rotatable bonds is 6. The van der Waals surface area contributed by atoms with E-state index in [1.54, 1.807) is 0 Å². The van der Waals surface area contributed by atoms with Gasteiger partial charge in [-0.25, -0.2) is 4.79 Å². The summed E-state index contributed by atoms with van der Waals surface area (Å²) < 4.78 is -12.4. The highest BCUT2D eigenvalue weighted by molar-refractivity contribution is 6.82. The zero-order valence-corrected chi connectivity index (χ0v) is 19.1. The summed E-state index contributed by atoms with van der Waals surface area (Å²) in [5.74, 6) is 0. The van der Waals surface area contributed by atoms with Gasteiger partial charge in [0.1, 0.15) is 0 Å². The van der Waals surface area contributed by atoms with Crippen LogP contribution in [0.4, 0.5) is 0 Å². The lowest BCUT2D eigenvalue weighted by molar-refractivity contribution is 0.183. The van der Waals surface area contributed by atoms with Gasteiger partial charge in [0.05, 0.1) is 0 Å². The van der Waals surface area contributed by atoms with Crippen molar-refractivity contribution in [2.45, 2.75) is 25.6 Å². The first-order chi connectivity index (χ1) is 9.31. The second-order valence-electron chi connectivity index (χ2n) is 3.50. The van der Waals surface area contributed by atoms with Gasteiger partial charge < -0.3 is 4.74 Å². The molecule has 0 atom stereocenters. The molecule has 0 aromatic rings. The summed E-state index contributed by atoms with van der Waals surface area (Å²) in [4.78, 5) is 10.3. The van der Waals surface area contributed by atoms with Gasteiger partial charge in [0.25, 0.3) is 4.52 Å². The van der Waals surface area contributed by atoms with Crippen molar-refractivity contribution in [2.75, 3.05) is 0 Å². The monoisotopic (exact) mass is 571 g/mol. The second kappa shape index (κ2) is 7.70. The normalized spacial score (nSPS) is 15.7. The zero-order valence-electron chi connectivity index (χ0n) is 9.23. The van der Waals surface area contributed by atoms with Gasteiger partial charge in [-0.15, -0.1) is 0 Å². The standard InChI is InChI=1S/C7Cl13O2/c8-2(9,4(12,13)6(16,17)18)3(10,11)5(14,15)7(19,20)22-1-21. The SMILES string of the molecule is O=[C]OC(Cl)(Cl)C(Cl)(Cl)C(Cl)(Cl)C(Cl)(Cl)C(Cl)(Cl)C(Cl)(Cl)Cl. The van der Waals surface area contributed by atoms with E-state index in [1.165, 1.54) is 0 Å². The van der Waals surface area contributed by atoms with E-state index in [1.807, 2.05) is 0 Å². The molecule has 0 heterocycles. The smallest absolute Gasteiger partial charge is 0.417 e. The van der Waals surface area contributed by atoms with Crippen LogP contribution in [0.1, 0.15) is 0 Å². The molecule has 131 valence electrons. The van der Waals surface area contributed by atoms with Gasteiger partial charge in [-0.3, -0.25) is 0 Å². The summed E-state index contributed by atoms with van der Waals surface area (Å²) in [5.41, 5.74) is 0. The molecule has 0 aromatic carbocycles. The first-order valence-electron chi connectivity index (χ1n) is 4.32. The van der Waals surface area contributed by atoms with Crippen LogP contribution in [0.15, 0.2) is 0 Å². The summed E-state index contributed by atoms with van der Waals surface area (Å²) in [7, 11) is 0. The minimum Gasteiger partial charge on any atom is -0.417 e. The number of hydrogen-bond donors (Lipinski definition) is 0. The summed E-state index contributed by atoms with van der Waals surface area (Å²) in [6, 6.07) is 0. The van der Waals surface area contributed by atoms with Crippen molar-refractivity contribution in [1.82, 2.24) is 0 Å². The Hall–Kier alpha value is 3.24. The quantitative estimate of drug-likeness (QED) is 0.311. The Balaban J connectivity index is 6.16. The third-order valence-electron chi connectivity index (χ3n) is 2.07. The fourth-order valence-corrected chi connectivity index (χ4v) is 4.27. The van der Waals surface area contributed by atoms with Crippen LogP contribution >= 0.6 is 151 Å². The fraction of sp³-hybridized carbons (Fsp3) is 0.857. The van der Waals surface area contributed by atoms with Crippen molar-refractivity contribution in [2.24, 2.45) is 0 Å². The van der Waals surface area contributed by atoms with Crippen molar-refractivity contribution in [3.8, 4) is 0 Å². The van der Waals surface area contributed by atoms with Crippen molar-refractivity contribution < 1.29 is 9.53 Å². The van der Waals surface area contributed by atoms with Crippen LogP contribution in [0, 0.1) is 0 Å². The summed E-state index contributed by atoms with van der Waals surface area (Å²) >= 11 is 75.1. The maximum Gasteiger partial charge on any atom is 0.420 e. The highest BCUT2D eigenvalue weighted by Gasteiger charge is 2.77. The Labute approximate surface area is 190 Å². The molecule has 0 spiro atoms. The lowest BCUT2D eigenvalue weighted by atomic mass is 10.1. The summed E-state index contributed by atoms with van der Waals surface area (Å²) in [5, 5.41) is 0. The van der Waals surface area contributed by atoms with E-state index < -0.39 is 25.6 Å². The van der Waals surface area contributed by atoms with E-state index in [-0.39, 0.29) is 0 Å². The van der Waals surface area contributed by atoms with Gasteiger partial charge in [0.2, 0.25) is 12.5 Å². The summed E-state index contributed by atoms with van der Waals surface area (Å²) in [6.07, 6.45) is 0. The van der Waals surface area contributed by atoms with Crippen LogP contribution in [0.3, 0.4) is 0 Å². The average molecular weight is 577 g/mol. The molecule has 1 radical (unpaired) electrons. The van der Waals surface area contributed by atoms with E-state index in [9.17, 15) is 4.79 Å². The van der Waals surface area contributed by atoms with Crippen molar-refractivity contribution >= 4 is 157 Å².